The molecule has 0 saturated heterocycles. The van der Waals surface area contributed by atoms with Crippen molar-refractivity contribution in [3.05, 3.63) is 132 Å². The van der Waals surface area contributed by atoms with Crippen molar-refractivity contribution in [3.8, 4) is 44.5 Å². The number of hydrogen-bond acceptors (Lipinski definition) is 0. The third kappa shape index (κ3) is 3.38. The first-order valence-electron chi connectivity index (χ1n) is 12.0. The van der Waals surface area contributed by atoms with Crippen LogP contribution < -0.4 is 0 Å². The molecule has 6 rings (SSSR count). The van der Waals surface area contributed by atoms with Crippen LogP contribution >= 0.6 is 0 Å². The fourth-order valence-electron chi connectivity index (χ4n) is 5.36. The van der Waals surface area contributed by atoms with E-state index in [1.807, 2.05) is 0 Å². The van der Waals surface area contributed by atoms with Gasteiger partial charge in [0.05, 0.1) is 0 Å². The minimum absolute atomic E-state index is 0.0261. The quantitative estimate of drug-likeness (QED) is 0.264. The minimum Gasteiger partial charge on any atom is -0.0619 e. The number of hydrogen-bond donors (Lipinski definition) is 0. The van der Waals surface area contributed by atoms with Crippen molar-refractivity contribution in [1.29, 1.82) is 0 Å². The Morgan fingerprint density at radius 1 is 0.412 bits per heavy atom. The van der Waals surface area contributed by atoms with E-state index in [0.29, 0.717) is 0 Å². The van der Waals surface area contributed by atoms with Gasteiger partial charge in [0.1, 0.15) is 0 Å². The standard InChI is InChI=1S/C34H28/c1-23-11-13-24(14-12-23)27-7-6-8-28(21-27)25-15-17-26(18-16-25)29-19-20-31-30-9-4-5-10-32(30)34(2,3)33(31)22-29/h4-22H,1-3H3. The summed E-state index contributed by atoms with van der Waals surface area (Å²) >= 11 is 0. The van der Waals surface area contributed by atoms with Crippen molar-refractivity contribution in [3.63, 3.8) is 0 Å². The topological polar surface area (TPSA) is 0 Å². The van der Waals surface area contributed by atoms with E-state index in [1.54, 1.807) is 0 Å². The molecule has 0 heteroatoms. The lowest BCUT2D eigenvalue weighted by Crippen LogP contribution is -2.14. The largest absolute Gasteiger partial charge is 0.0619 e. The Balaban J connectivity index is 1.33. The predicted molar refractivity (Wildman–Crippen MR) is 145 cm³/mol. The van der Waals surface area contributed by atoms with Crippen LogP contribution in [0.4, 0.5) is 0 Å². The molecule has 1 aliphatic carbocycles. The van der Waals surface area contributed by atoms with Crippen molar-refractivity contribution >= 4 is 0 Å². The predicted octanol–water partition coefficient (Wildman–Crippen LogP) is 9.30. The van der Waals surface area contributed by atoms with Gasteiger partial charge in [0.25, 0.3) is 0 Å². The van der Waals surface area contributed by atoms with Gasteiger partial charge in [-0.2, -0.15) is 0 Å². The van der Waals surface area contributed by atoms with Crippen LogP contribution in [0.3, 0.4) is 0 Å². The Bertz CT molecular complexity index is 1500. The summed E-state index contributed by atoms with van der Waals surface area (Å²) in [5, 5.41) is 0. The molecule has 0 amide bonds. The van der Waals surface area contributed by atoms with E-state index in [9.17, 15) is 0 Å². The summed E-state index contributed by atoms with van der Waals surface area (Å²) in [6.45, 7) is 6.81. The van der Waals surface area contributed by atoms with Gasteiger partial charge in [0, 0.05) is 5.41 Å². The molecule has 5 aromatic carbocycles. The zero-order chi connectivity index (χ0) is 23.3. The van der Waals surface area contributed by atoms with Crippen LogP contribution in [0.1, 0.15) is 30.5 Å². The third-order valence-corrected chi connectivity index (χ3v) is 7.38. The normalized spacial score (nSPS) is 13.4. The molecule has 0 nitrogen and oxygen atoms in total. The van der Waals surface area contributed by atoms with Crippen LogP contribution in [0, 0.1) is 6.92 Å². The summed E-state index contributed by atoms with van der Waals surface area (Å²) in [5.74, 6) is 0. The average molecular weight is 437 g/mol. The zero-order valence-corrected chi connectivity index (χ0v) is 20.0. The average Bonchev–Trinajstić information content (AvgIpc) is 3.11. The van der Waals surface area contributed by atoms with Gasteiger partial charge in [-0.1, -0.05) is 123 Å². The monoisotopic (exact) mass is 436 g/mol. The molecule has 0 atom stereocenters. The second-order valence-electron chi connectivity index (χ2n) is 9.96. The molecule has 0 aromatic heterocycles. The Kier molecular flexibility index (Phi) is 4.78. The summed E-state index contributed by atoms with van der Waals surface area (Å²) in [6.07, 6.45) is 0. The Labute approximate surface area is 202 Å². The highest BCUT2D eigenvalue weighted by atomic mass is 14.4. The van der Waals surface area contributed by atoms with E-state index in [0.717, 1.165) is 0 Å². The molecule has 0 heterocycles. The van der Waals surface area contributed by atoms with Gasteiger partial charge >= 0.3 is 0 Å². The van der Waals surface area contributed by atoms with Gasteiger partial charge in [-0.3, -0.25) is 0 Å². The van der Waals surface area contributed by atoms with E-state index in [2.05, 4.69) is 136 Å². The van der Waals surface area contributed by atoms with Crippen LogP contribution in [0.25, 0.3) is 44.5 Å². The highest BCUT2D eigenvalue weighted by Crippen LogP contribution is 2.49. The van der Waals surface area contributed by atoms with Crippen molar-refractivity contribution in [1.82, 2.24) is 0 Å². The lowest BCUT2D eigenvalue weighted by atomic mass is 9.81. The first-order valence-corrected chi connectivity index (χ1v) is 12.0. The molecular formula is C34H28. The maximum atomic E-state index is 2.39. The van der Waals surface area contributed by atoms with Crippen molar-refractivity contribution in [2.24, 2.45) is 0 Å². The first kappa shape index (κ1) is 20.7. The van der Waals surface area contributed by atoms with E-state index in [-0.39, 0.29) is 5.41 Å². The molecule has 164 valence electrons. The summed E-state index contributed by atoms with van der Waals surface area (Å²) in [6, 6.07) is 42.4. The highest BCUT2D eigenvalue weighted by molar-refractivity contribution is 5.84. The first-order chi connectivity index (χ1) is 16.5. The molecule has 0 aliphatic heterocycles. The molecule has 0 N–H and O–H groups in total. The van der Waals surface area contributed by atoms with Crippen LogP contribution in [0.2, 0.25) is 0 Å². The van der Waals surface area contributed by atoms with Gasteiger partial charge in [-0.25, -0.2) is 0 Å². The Hall–Kier alpha value is -3.90. The molecule has 0 unspecified atom stereocenters. The van der Waals surface area contributed by atoms with E-state index >= 15 is 0 Å². The highest BCUT2D eigenvalue weighted by Gasteiger charge is 2.35. The number of aryl methyl sites for hydroxylation is 1. The fourth-order valence-corrected chi connectivity index (χ4v) is 5.36. The van der Waals surface area contributed by atoms with Crippen LogP contribution in [-0.2, 0) is 5.41 Å². The van der Waals surface area contributed by atoms with E-state index in [1.165, 1.54) is 61.2 Å². The molecule has 0 radical (unpaired) electrons. The minimum atomic E-state index is 0.0261. The van der Waals surface area contributed by atoms with Crippen molar-refractivity contribution in [2.75, 3.05) is 0 Å². The zero-order valence-electron chi connectivity index (χ0n) is 20.0. The molecule has 5 aromatic rings. The molecule has 0 spiro atoms. The third-order valence-electron chi connectivity index (χ3n) is 7.38. The molecule has 34 heavy (non-hydrogen) atoms. The van der Waals surface area contributed by atoms with Crippen LogP contribution in [-0.4, -0.2) is 0 Å². The smallest absolute Gasteiger partial charge is 0.0159 e. The second kappa shape index (κ2) is 7.85. The van der Waals surface area contributed by atoms with E-state index in [4.69, 9.17) is 0 Å². The van der Waals surface area contributed by atoms with Gasteiger partial charge in [0.15, 0.2) is 0 Å². The summed E-state index contributed by atoms with van der Waals surface area (Å²) in [4.78, 5) is 0. The number of fused-ring (bicyclic) bond motifs is 3. The summed E-state index contributed by atoms with van der Waals surface area (Å²) in [7, 11) is 0. The second-order valence-corrected chi connectivity index (χ2v) is 9.96. The van der Waals surface area contributed by atoms with Gasteiger partial charge in [-0.05, 0) is 74.7 Å². The number of rotatable bonds is 3. The van der Waals surface area contributed by atoms with Crippen molar-refractivity contribution < 1.29 is 0 Å². The molecule has 0 saturated carbocycles. The van der Waals surface area contributed by atoms with E-state index < -0.39 is 0 Å². The number of benzene rings is 5. The molecule has 0 fully saturated rings. The maximum absolute atomic E-state index is 2.39. The maximum Gasteiger partial charge on any atom is 0.0159 e. The molecular weight excluding hydrogens is 408 g/mol. The lowest BCUT2D eigenvalue weighted by molar-refractivity contribution is 0.660. The summed E-state index contributed by atoms with van der Waals surface area (Å²) in [5.41, 5.74) is 14.4. The van der Waals surface area contributed by atoms with Crippen molar-refractivity contribution in [2.45, 2.75) is 26.2 Å². The van der Waals surface area contributed by atoms with Gasteiger partial charge in [-0.15, -0.1) is 0 Å². The Morgan fingerprint density at radius 3 is 1.56 bits per heavy atom. The van der Waals surface area contributed by atoms with Gasteiger partial charge in [0.2, 0.25) is 0 Å². The molecule has 0 bridgehead atoms. The lowest BCUT2D eigenvalue weighted by Gasteiger charge is -2.22. The Morgan fingerprint density at radius 2 is 0.912 bits per heavy atom. The van der Waals surface area contributed by atoms with Crippen LogP contribution in [0.15, 0.2) is 115 Å². The summed E-state index contributed by atoms with van der Waals surface area (Å²) < 4.78 is 0. The van der Waals surface area contributed by atoms with Crippen LogP contribution in [0.5, 0.6) is 0 Å². The fraction of sp³-hybridized carbons (Fsp3) is 0.118. The SMILES string of the molecule is Cc1ccc(-c2cccc(-c3ccc(-c4ccc5c(c4)C(C)(C)c4ccccc4-5)cc3)c2)cc1. The molecule has 1 aliphatic rings. The van der Waals surface area contributed by atoms with Gasteiger partial charge < -0.3 is 0 Å².